The first kappa shape index (κ1) is 15.6. The molecule has 120 valence electrons. The van der Waals surface area contributed by atoms with Crippen molar-refractivity contribution in [2.45, 2.75) is 11.2 Å². The standard InChI is InChI=1S/C14H11F3N4OS/c1-21-12(8-3-4-18-11(5-8)23(2)22)20-10-6-9(14(15,16)17)7-19-13(10)21/h3-7H,1-2H3. The largest absolute Gasteiger partial charge is 0.417 e. The molecule has 0 bridgehead atoms. The number of rotatable bonds is 2. The van der Waals surface area contributed by atoms with Crippen molar-refractivity contribution in [2.24, 2.45) is 7.05 Å². The first-order chi connectivity index (χ1) is 10.8. The van der Waals surface area contributed by atoms with Gasteiger partial charge in [-0.05, 0) is 18.2 Å². The van der Waals surface area contributed by atoms with Crippen molar-refractivity contribution in [3.8, 4) is 11.4 Å². The maximum absolute atomic E-state index is 12.8. The summed E-state index contributed by atoms with van der Waals surface area (Å²) >= 11 is 0. The van der Waals surface area contributed by atoms with Crippen LogP contribution in [0.25, 0.3) is 22.6 Å². The molecule has 3 aromatic rings. The lowest BCUT2D eigenvalue weighted by atomic mass is 10.2. The number of nitrogens with zero attached hydrogens (tertiary/aromatic N) is 4. The average molecular weight is 340 g/mol. The van der Waals surface area contributed by atoms with Gasteiger partial charge >= 0.3 is 6.18 Å². The molecule has 0 N–H and O–H groups in total. The molecule has 23 heavy (non-hydrogen) atoms. The van der Waals surface area contributed by atoms with Crippen LogP contribution in [-0.4, -0.2) is 30.0 Å². The Bertz CT molecular complexity index is 920. The molecule has 0 radical (unpaired) electrons. The van der Waals surface area contributed by atoms with E-state index in [1.807, 2.05) is 0 Å². The first-order valence-corrected chi connectivity index (χ1v) is 8.02. The third-order valence-electron chi connectivity index (χ3n) is 3.32. The Hall–Kier alpha value is -2.29. The summed E-state index contributed by atoms with van der Waals surface area (Å²) in [5.74, 6) is 0.431. The van der Waals surface area contributed by atoms with E-state index in [2.05, 4.69) is 15.0 Å². The van der Waals surface area contributed by atoms with Crippen LogP contribution in [0.4, 0.5) is 13.2 Å². The van der Waals surface area contributed by atoms with Crippen LogP contribution in [0, 0.1) is 0 Å². The minimum atomic E-state index is -4.47. The van der Waals surface area contributed by atoms with Gasteiger partial charge in [-0.1, -0.05) is 0 Å². The second kappa shape index (κ2) is 5.41. The van der Waals surface area contributed by atoms with Crippen LogP contribution in [0.3, 0.4) is 0 Å². The lowest BCUT2D eigenvalue weighted by molar-refractivity contribution is -0.137. The van der Waals surface area contributed by atoms with Gasteiger partial charge in [-0.3, -0.25) is 4.21 Å². The summed E-state index contributed by atoms with van der Waals surface area (Å²) in [6.45, 7) is 0. The predicted molar refractivity (Wildman–Crippen MR) is 79.1 cm³/mol. The minimum absolute atomic E-state index is 0.147. The number of imidazole rings is 1. The van der Waals surface area contributed by atoms with Gasteiger partial charge in [0, 0.05) is 31.3 Å². The zero-order chi connectivity index (χ0) is 16.8. The molecule has 0 aromatic carbocycles. The second-order valence-electron chi connectivity index (χ2n) is 4.90. The van der Waals surface area contributed by atoms with Gasteiger partial charge in [0.25, 0.3) is 0 Å². The van der Waals surface area contributed by atoms with Crippen molar-refractivity contribution in [3.05, 3.63) is 36.2 Å². The van der Waals surface area contributed by atoms with E-state index in [0.29, 0.717) is 22.1 Å². The van der Waals surface area contributed by atoms with E-state index in [1.165, 1.54) is 12.5 Å². The number of hydrogen-bond acceptors (Lipinski definition) is 4. The highest BCUT2D eigenvalue weighted by atomic mass is 32.2. The summed E-state index contributed by atoms with van der Waals surface area (Å²) in [5, 5.41) is 0.374. The van der Waals surface area contributed by atoms with Crippen LogP contribution in [0.1, 0.15) is 5.56 Å². The van der Waals surface area contributed by atoms with Gasteiger partial charge in [-0.15, -0.1) is 0 Å². The van der Waals surface area contributed by atoms with Gasteiger partial charge in [0.1, 0.15) is 16.4 Å². The van der Waals surface area contributed by atoms with Crippen molar-refractivity contribution in [2.75, 3.05) is 6.26 Å². The molecule has 3 aromatic heterocycles. The van der Waals surface area contributed by atoms with Crippen molar-refractivity contribution in [1.29, 1.82) is 0 Å². The third kappa shape index (κ3) is 2.83. The summed E-state index contributed by atoms with van der Waals surface area (Å²) in [5.41, 5.74) is 0.247. The zero-order valence-corrected chi connectivity index (χ0v) is 12.9. The van der Waals surface area contributed by atoms with E-state index in [1.54, 1.807) is 23.7 Å². The maximum atomic E-state index is 12.8. The zero-order valence-electron chi connectivity index (χ0n) is 12.1. The normalized spacial score (nSPS) is 13.4. The highest BCUT2D eigenvalue weighted by Crippen LogP contribution is 2.31. The lowest BCUT2D eigenvalue weighted by Gasteiger charge is -2.05. The van der Waals surface area contributed by atoms with Crippen LogP contribution >= 0.6 is 0 Å². The third-order valence-corrected chi connectivity index (χ3v) is 4.14. The van der Waals surface area contributed by atoms with E-state index < -0.39 is 22.5 Å². The van der Waals surface area contributed by atoms with Crippen molar-refractivity contribution in [1.82, 2.24) is 19.5 Å². The number of pyridine rings is 2. The second-order valence-corrected chi connectivity index (χ2v) is 6.22. The molecule has 0 spiro atoms. The number of aromatic nitrogens is 4. The van der Waals surface area contributed by atoms with Gasteiger partial charge in [0.15, 0.2) is 5.65 Å². The van der Waals surface area contributed by atoms with Crippen molar-refractivity contribution in [3.63, 3.8) is 0 Å². The van der Waals surface area contributed by atoms with Gasteiger partial charge in [-0.2, -0.15) is 13.2 Å². The SMILES string of the molecule is Cn1c(-c2ccnc(S(C)=O)c2)nc2cc(C(F)(F)F)cnc21. The van der Waals surface area contributed by atoms with Crippen LogP contribution in [0.5, 0.6) is 0 Å². The molecular formula is C14H11F3N4OS. The van der Waals surface area contributed by atoms with E-state index in [-0.39, 0.29) is 5.52 Å². The van der Waals surface area contributed by atoms with E-state index in [9.17, 15) is 17.4 Å². The fourth-order valence-corrected chi connectivity index (χ4v) is 2.70. The molecular weight excluding hydrogens is 329 g/mol. The summed E-state index contributed by atoms with van der Waals surface area (Å²) in [7, 11) is 0.395. The van der Waals surface area contributed by atoms with E-state index >= 15 is 0 Å². The molecule has 3 heterocycles. The Labute approximate surface area is 131 Å². The first-order valence-electron chi connectivity index (χ1n) is 6.47. The van der Waals surface area contributed by atoms with E-state index in [0.717, 1.165) is 12.3 Å². The fourth-order valence-electron chi connectivity index (χ4n) is 2.19. The topological polar surface area (TPSA) is 60.7 Å². The number of hydrogen-bond donors (Lipinski definition) is 0. The molecule has 0 aliphatic carbocycles. The van der Waals surface area contributed by atoms with Crippen molar-refractivity contribution < 1.29 is 17.4 Å². The molecule has 5 nitrogen and oxygen atoms in total. The molecule has 1 unspecified atom stereocenters. The Kier molecular flexibility index (Phi) is 3.67. The Morgan fingerprint density at radius 3 is 2.61 bits per heavy atom. The highest BCUT2D eigenvalue weighted by molar-refractivity contribution is 7.84. The minimum Gasteiger partial charge on any atom is -0.312 e. The summed E-state index contributed by atoms with van der Waals surface area (Å²) in [6, 6.07) is 4.22. The molecule has 0 amide bonds. The lowest BCUT2D eigenvalue weighted by Crippen LogP contribution is -2.05. The summed E-state index contributed by atoms with van der Waals surface area (Å²) < 4.78 is 51.4. The van der Waals surface area contributed by atoms with Gasteiger partial charge < -0.3 is 4.57 Å². The number of alkyl halides is 3. The molecule has 0 aliphatic rings. The monoisotopic (exact) mass is 340 g/mol. The molecule has 0 fully saturated rings. The van der Waals surface area contributed by atoms with Gasteiger partial charge in [0.2, 0.25) is 0 Å². The number of fused-ring (bicyclic) bond motifs is 1. The van der Waals surface area contributed by atoms with Crippen LogP contribution in [0.2, 0.25) is 0 Å². The molecule has 0 aliphatic heterocycles. The number of halogens is 3. The quantitative estimate of drug-likeness (QED) is 0.720. The predicted octanol–water partition coefficient (Wildman–Crippen LogP) is 2.79. The average Bonchev–Trinajstić information content (AvgIpc) is 2.83. The highest BCUT2D eigenvalue weighted by Gasteiger charge is 2.31. The summed E-state index contributed by atoms with van der Waals surface area (Å²) in [6.07, 6.45) is -0.702. The van der Waals surface area contributed by atoms with Gasteiger partial charge in [-0.25, -0.2) is 15.0 Å². The Morgan fingerprint density at radius 1 is 1.22 bits per heavy atom. The Balaban J connectivity index is 2.17. The maximum Gasteiger partial charge on any atom is 0.417 e. The van der Waals surface area contributed by atoms with Crippen molar-refractivity contribution >= 4 is 22.0 Å². The summed E-state index contributed by atoms with van der Waals surface area (Å²) in [4.78, 5) is 12.1. The molecule has 0 saturated carbocycles. The fraction of sp³-hybridized carbons (Fsp3) is 0.214. The van der Waals surface area contributed by atoms with Gasteiger partial charge in [0.05, 0.1) is 16.4 Å². The number of aryl methyl sites for hydroxylation is 1. The van der Waals surface area contributed by atoms with E-state index in [4.69, 9.17) is 0 Å². The molecule has 1 atom stereocenters. The van der Waals surface area contributed by atoms with Crippen LogP contribution in [-0.2, 0) is 24.0 Å². The molecule has 3 rings (SSSR count). The smallest absolute Gasteiger partial charge is 0.312 e. The molecule has 0 saturated heterocycles. The van der Waals surface area contributed by atoms with Crippen LogP contribution in [0.15, 0.2) is 35.6 Å². The Morgan fingerprint density at radius 2 is 1.96 bits per heavy atom. The van der Waals surface area contributed by atoms with Crippen LogP contribution < -0.4 is 0 Å². The molecule has 9 heteroatoms.